The molecule has 3 N–H and O–H groups in total. The summed E-state index contributed by atoms with van der Waals surface area (Å²) in [4.78, 5) is 30.0. The van der Waals surface area contributed by atoms with Crippen LogP contribution in [0.5, 0.6) is 0 Å². The van der Waals surface area contributed by atoms with Crippen LogP contribution in [0.2, 0.25) is 0 Å². The summed E-state index contributed by atoms with van der Waals surface area (Å²) < 4.78 is 1.61. The van der Waals surface area contributed by atoms with Crippen LogP contribution in [0.25, 0.3) is 11.3 Å². The highest BCUT2D eigenvalue weighted by Gasteiger charge is 2.24. The minimum atomic E-state index is -0.785. The zero-order valence-corrected chi connectivity index (χ0v) is 21.8. The summed E-state index contributed by atoms with van der Waals surface area (Å²) in [5.41, 5.74) is 4.52. The third kappa shape index (κ3) is 6.82. The van der Waals surface area contributed by atoms with E-state index in [1.165, 1.54) is 0 Å². The SMILES string of the molecule is CCc1n[nH]c(C)c1-c1ccc(NC(=O)[C@H](CCCC(Cl)Cl)NC(=O)c2ccnn2C(C)C)cn1. The summed E-state index contributed by atoms with van der Waals surface area (Å²) in [6.07, 6.45) is 5.39. The molecule has 0 saturated heterocycles. The number of hydrogen-bond acceptors (Lipinski definition) is 5. The largest absolute Gasteiger partial charge is 0.339 e. The van der Waals surface area contributed by atoms with Gasteiger partial charge in [-0.15, -0.1) is 23.2 Å². The molecule has 3 aromatic rings. The van der Waals surface area contributed by atoms with Gasteiger partial charge in [-0.25, -0.2) is 0 Å². The van der Waals surface area contributed by atoms with Gasteiger partial charge >= 0.3 is 0 Å². The van der Waals surface area contributed by atoms with Gasteiger partial charge in [-0.3, -0.25) is 24.4 Å². The molecule has 0 unspecified atom stereocenters. The van der Waals surface area contributed by atoms with Crippen molar-refractivity contribution < 1.29 is 9.59 Å². The topological polar surface area (TPSA) is 118 Å². The Morgan fingerprint density at radius 1 is 1.17 bits per heavy atom. The number of aromatic nitrogens is 5. The van der Waals surface area contributed by atoms with E-state index in [1.807, 2.05) is 33.8 Å². The normalized spacial score (nSPS) is 12.2. The molecule has 9 nitrogen and oxygen atoms in total. The molecule has 0 saturated carbocycles. The average molecular weight is 520 g/mol. The molecule has 188 valence electrons. The minimum absolute atomic E-state index is 0.00274. The Bertz CT molecular complexity index is 1140. The molecular weight excluding hydrogens is 489 g/mol. The molecule has 0 aliphatic rings. The molecule has 0 aromatic carbocycles. The van der Waals surface area contributed by atoms with E-state index in [1.54, 1.807) is 29.2 Å². The van der Waals surface area contributed by atoms with Crippen LogP contribution in [-0.4, -0.2) is 47.7 Å². The van der Waals surface area contributed by atoms with Crippen molar-refractivity contribution >= 4 is 40.7 Å². The van der Waals surface area contributed by atoms with Crippen LogP contribution < -0.4 is 10.6 Å². The molecule has 0 aliphatic heterocycles. The fraction of sp³-hybridized carbons (Fsp3) is 0.458. The maximum absolute atomic E-state index is 13.1. The number of halogens is 2. The number of carbonyl (C=O) groups is 2. The van der Waals surface area contributed by atoms with Gasteiger partial charge in [-0.1, -0.05) is 6.92 Å². The second-order valence-electron chi connectivity index (χ2n) is 8.55. The zero-order chi connectivity index (χ0) is 25.5. The Kier molecular flexibility index (Phi) is 9.28. The van der Waals surface area contributed by atoms with Crippen LogP contribution >= 0.6 is 23.2 Å². The Labute approximate surface area is 215 Å². The lowest BCUT2D eigenvalue weighted by atomic mass is 10.1. The van der Waals surface area contributed by atoms with E-state index in [0.29, 0.717) is 30.6 Å². The van der Waals surface area contributed by atoms with Crippen LogP contribution in [-0.2, 0) is 11.2 Å². The van der Waals surface area contributed by atoms with Crippen molar-refractivity contribution in [3.8, 4) is 11.3 Å². The number of carbonyl (C=O) groups excluding carboxylic acids is 2. The van der Waals surface area contributed by atoms with Crippen molar-refractivity contribution in [3.05, 3.63) is 47.7 Å². The van der Waals surface area contributed by atoms with E-state index < -0.39 is 10.9 Å². The predicted molar refractivity (Wildman–Crippen MR) is 138 cm³/mol. The fourth-order valence-corrected chi connectivity index (χ4v) is 4.11. The van der Waals surface area contributed by atoms with Gasteiger partial charge in [-0.2, -0.15) is 10.2 Å². The van der Waals surface area contributed by atoms with E-state index >= 15 is 0 Å². The number of nitrogens with one attached hydrogen (secondary N) is 3. The molecular formula is C24H31Cl2N7O2. The Balaban J connectivity index is 1.74. The molecule has 0 fully saturated rings. The third-order valence-electron chi connectivity index (χ3n) is 5.57. The molecule has 3 heterocycles. The first-order valence-electron chi connectivity index (χ1n) is 11.6. The lowest BCUT2D eigenvalue weighted by Crippen LogP contribution is -2.44. The van der Waals surface area contributed by atoms with E-state index in [9.17, 15) is 9.59 Å². The van der Waals surface area contributed by atoms with Crippen LogP contribution in [0.3, 0.4) is 0 Å². The number of alkyl halides is 2. The van der Waals surface area contributed by atoms with Gasteiger partial charge in [0, 0.05) is 23.5 Å². The number of nitrogens with zero attached hydrogens (tertiary/aromatic N) is 4. The molecule has 0 radical (unpaired) electrons. The maximum Gasteiger partial charge on any atom is 0.270 e. The van der Waals surface area contributed by atoms with Crippen LogP contribution in [0, 0.1) is 6.92 Å². The highest BCUT2D eigenvalue weighted by Crippen LogP contribution is 2.25. The summed E-state index contributed by atoms with van der Waals surface area (Å²) in [5.74, 6) is -0.724. The van der Waals surface area contributed by atoms with E-state index in [2.05, 4.69) is 30.9 Å². The number of aromatic amines is 1. The Hall–Kier alpha value is -2.91. The van der Waals surface area contributed by atoms with Gasteiger partial charge in [0.2, 0.25) is 5.91 Å². The summed E-state index contributed by atoms with van der Waals surface area (Å²) in [5, 5.41) is 17.2. The minimum Gasteiger partial charge on any atom is -0.339 e. The fourth-order valence-electron chi connectivity index (χ4n) is 3.80. The van der Waals surface area contributed by atoms with E-state index in [4.69, 9.17) is 23.2 Å². The van der Waals surface area contributed by atoms with Gasteiger partial charge in [-0.05, 0) is 64.7 Å². The monoisotopic (exact) mass is 519 g/mol. The molecule has 35 heavy (non-hydrogen) atoms. The first kappa shape index (κ1) is 26.7. The molecule has 2 amide bonds. The first-order chi connectivity index (χ1) is 16.7. The van der Waals surface area contributed by atoms with Crippen molar-refractivity contribution in [1.82, 2.24) is 30.3 Å². The number of hydrogen-bond donors (Lipinski definition) is 3. The van der Waals surface area contributed by atoms with Gasteiger partial charge in [0.15, 0.2) is 0 Å². The number of anilines is 1. The van der Waals surface area contributed by atoms with Crippen molar-refractivity contribution in [2.24, 2.45) is 0 Å². The molecule has 0 bridgehead atoms. The van der Waals surface area contributed by atoms with E-state index in [-0.39, 0.29) is 17.9 Å². The van der Waals surface area contributed by atoms with Gasteiger partial charge in [0.1, 0.15) is 16.6 Å². The third-order valence-corrected chi connectivity index (χ3v) is 6.01. The summed E-state index contributed by atoms with van der Waals surface area (Å²) >= 11 is 11.7. The number of pyridine rings is 1. The summed E-state index contributed by atoms with van der Waals surface area (Å²) in [7, 11) is 0. The van der Waals surface area contributed by atoms with Gasteiger partial charge < -0.3 is 10.6 Å². The molecule has 1 atom stereocenters. The number of aryl methyl sites for hydroxylation is 2. The van der Waals surface area contributed by atoms with Crippen molar-refractivity contribution in [2.75, 3.05) is 5.32 Å². The maximum atomic E-state index is 13.1. The first-order valence-corrected chi connectivity index (χ1v) is 12.5. The molecule has 0 aliphatic carbocycles. The standard InChI is InChI=1S/C24H31Cl2N7O2/c1-5-17-22(15(4)31-32-17)18-10-9-16(13-27-18)29-23(34)19(7-6-8-21(25)26)30-24(35)20-11-12-28-33(20)14(2)3/h9-14,19,21H,5-8H2,1-4H3,(H,29,34)(H,30,35)(H,31,32)/t19-/m0/s1. The summed E-state index contributed by atoms with van der Waals surface area (Å²) in [6.45, 7) is 7.84. The zero-order valence-electron chi connectivity index (χ0n) is 20.3. The van der Waals surface area contributed by atoms with Crippen LogP contribution in [0.1, 0.15) is 68.0 Å². The van der Waals surface area contributed by atoms with Crippen molar-refractivity contribution in [2.45, 2.75) is 70.3 Å². The molecule has 3 rings (SSSR count). The quantitative estimate of drug-likeness (QED) is 0.313. The highest BCUT2D eigenvalue weighted by atomic mass is 35.5. The van der Waals surface area contributed by atoms with E-state index in [0.717, 1.165) is 29.1 Å². The lowest BCUT2D eigenvalue weighted by Gasteiger charge is -2.19. The lowest BCUT2D eigenvalue weighted by molar-refractivity contribution is -0.118. The van der Waals surface area contributed by atoms with Crippen LogP contribution in [0.4, 0.5) is 5.69 Å². The second-order valence-corrected chi connectivity index (χ2v) is 9.83. The number of H-pyrrole nitrogens is 1. The second kappa shape index (κ2) is 12.2. The number of amides is 2. The smallest absolute Gasteiger partial charge is 0.270 e. The average Bonchev–Trinajstić information content (AvgIpc) is 3.45. The van der Waals surface area contributed by atoms with Crippen LogP contribution in [0.15, 0.2) is 30.6 Å². The van der Waals surface area contributed by atoms with Gasteiger partial charge in [0.25, 0.3) is 5.91 Å². The predicted octanol–water partition coefficient (Wildman–Crippen LogP) is 4.83. The number of rotatable bonds is 11. The Morgan fingerprint density at radius 3 is 2.57 bits per heavy atom. The molecule has 3 aromatic heterocycles. The van der Waals surface area contributed by atoms with Crippen molar-refractivity contribution in [3.63, 3.8) is 0 Å². The highest BCUT2D eigenvalue weighted by molar-refractivity contribution is 6.44. The summed E-state index contributed by atoms with van der Waals surface area (Å²) in [6, 6.07) is 4.47. The molecule has 0 spiro atoms. The molecule has 11 heteroatoms. The van der Waals surface area contributed by atoms with Gasteiger partial charge in [0.05, 0.1) is 23.3 Å². The Morgan fingerprint density at radius 2 is 1.94 bits per heavy atom. The van der Waals surface area contributed by atoms with Crippen molar-refractivity contribution in [1.29, 1.82) is 0 Å².